The highest BCUT2D eigenvalue weighted by Crippen LogP contribution is 2.50. The lowest BCUT2D eigenvalue weighted by Gasteiger charge is -2.30. The molecule has 0 spiro atoms. The summed E-state index contributed by atoms with van der Waals surface area (Å²) in [5, 5.41) is 15.3. The molecular weight excluding hydrogens is 258 g/mol. The van der Waals surface area contributed by atoms with Crippen molar-refractivity contribution >= 4 is 17.3 Å². The van der Waals surface area contributed by atoms with Gasteiger partial charge in [-0.1, -0.05) is 16.5 Å². The first-order valence-electron chi connectivity index (χ1n) is 6.64. The largest absolute Gasteiger partial charge is 0.368 e. The zero-order valence-electron chi connectivity index (χ0n) is 11.8. The molecule has 0 radical (unpaired) electrons. The Morgan fingerprint density at radius 1 is 1.50 bits per heavy atom. The minimum atomic E-state index is -0.470. The normalized spacial score (nSPS) is 17.9. The molecule has 1 saturated carbocycles. The van der Waals surface area contributed by atoms with Gasteiger partial charge in [-0.05, 0) is 36.2 Å². The van der Waals surface area contributed by atoms with E-state index in [4.69, 9.17) is 0 Å². The molecule has 2 aromatic heterocycles. The van der Waals surface area contributed by atoms with Crippen LogP contribution in [0.2, 0.25) is 0 Å². The van der Waals surface area contributed by atoms with Crippen molar-refractivity contribution in [1.82, 2.24) is 14.6 Å². The molecule has 7 heteroatoms. The van der Waals surface area contributed by atoms with Crippen LogP contribution in [0.3, 0.4) is 0 Å². The quantitative estimate of drug-likeness (QED) is 0.632. The van der Waals surface area contributed by atoms with Gasteiger partial charge >= 0.3 is 5.82 Å². The molecule has 1 fully saturated rings. The zero-order valence-corrected chi connectivity index (χ0v) is 11.8. The maximum atomic E-state index is 11.0. The molecule has 0 bridgehead atoms. The summed E-state index contributed by atoms with van der Waals surface area (Å²) in [6.07, 6.45) is 3.66. The van der Waals surface area contributed by atoms with E-state index in [1.165, 1.54) is 23.6 Å². The third kappa shape index (κ3) is 1.90. The summed E-state index contributed by atoms with van der Waals surface area (Å²) in [6.45, 7) is 4.42. The Hall–Kier alpha value is -2.18. The van der Waals surface area contributed by atoms with E-state index in [1.54, 1.807) is 6.07 Å². The van der Waals surface area contributed by atoms with Crippen LogP contribution in [0.5, 0.6) is 0 Å². The number of aromatic nitrogens is 3. The molecular formula is C13H17N5O2. The third-order valence-corrected chi connectivity index (χ3v) is 4.51. The van der Waals surface area contributed by atoms with Crippen molar-refractivity contribution in [2.45, 2.75) is 32.7 Å². The van der Waals surface area contributed by atoms with Gasteiger partial charge in [0.05, 0.1) is 0 Å². The monoisotopic (exact) mass is 275 g/mol. The SMILES string of the molecule is CC(N(C)c1ccc2ncc([N+](=O)[O-])n2n1)C1(C)CC1. The van der Waals surface area contributed by atoms with E-state index in [9.17, 15) is 10.1 Å². The van der Waals surface area contributed by atoms with Gasteiger partial charge in [0.1, 0.15) is 6.20 Å². The Morgan fingerprint density at radius 3 is 2.80 bits per heavy atom. The average molecular weight is 275 g/mol. The van der Waals surface area contributed by atoms with Crippen LogP contribution in [0.1, 0.15) is 26.7 Å². The number of rotatable bonds is 4. The molecule has 1 atom stereocenters. The Kier molecular flexibility index (Phi) is 2.67. The standard InChI is InChI=1S/C13H17N5O2/c1-9(13(2)6-7-13)16(3)11-5-4-10-14-8-12(18(19)20)17(10)15-11/h4-5,8-9H,6-7H2,1-3H3. The summed E-state index contributed by atoms with van der Waals surface area (Å²) >= 11 is 0. The average Bonchev–Trinajstić information content (AvgIpc) is 3.03. The Bertz CT molecular complexity index is 676. The summed E-state index contributed by atoms with van der Waals surface area (Å²) in [5.74, 6) is 0.611. The number of hydrogen-bond donors (Lipinski definition) is 0. The van der Waals surface area contributed by atoms with Crippen molar-refractivity contribution in [3.8, 4) is 0 Å². The van der Waals surface area contributed by atoms with Crippen molar-refractivity contribution in [2.24, 2.45) is 5.41 Å². The maximum Gasteiger partial charge on any atom is 0.368 e. The molecule has 20 heavy (non-hydrogen) atoms. The summed E-state index contributed by atoms with van der Waals surface area (Å²) < 4.78 is 1.29. The molecule has 1 aliphatic carbocycles. The van der Waals surface area contributed by atoms with E-state index < -0.39 is 4.92 Å². The first-order chi connectivity index (χ1) is 9.42. The fourth-order valence-corrected chi connectivity index (χ4v) is 2.45. The molecule has 0 N–H and O–H groups in total. The third-order valence-electron chi connectivity index (χ3n) is 4.51. The lowest BCUT2D eigenvalue weighted by Crippen LogP contribution is -2.36. The van der Waals surface area contributed by atoms with Crippen LogP contribution < -0.4 is 4.90 Å². The molecule has 0 saturated heterocycles. The van der Waals surface area contributed by atoms with Gasteiger partial charge in [0.25, 0.3) is 0 Å². The number of nitro groups is 1. The second-order valence-corrected chi connectivity index (χ2v) is 5.78. The first-order valence-corrected chi connectivity index (χ1v) is 6.64. The molecule has 0 amide bonds. The number of imidazole rings is 1. The van der Waals surface area contributed by atoms with Gasteiger partial charge in [-0.15, -0.1) is 0 Å². The van der Waals surface area contributed by atoms with Crippen LogP contribution in [0.4, 0.5) is 11.6 Å². The van der Waals surface area contributed by atoms with Crippen LogP contribution in [0, 0.1) is 15.5 Å². The molecule has 0 aromatic carbocycles. The number of anilines is 1. The van der Waals surface area contributed by atoms with E-state index in [1.807, 2.05) is 13.1 Å². The van der Waals surface area contributed by atoms with Gasteiger partial charge in [-0.3, -0.25) is 0 Å². The number of hydrogen-bond acceptors (Lipinski definition) is 5. The Labute approximate surface area is 116 Å². The van der Waals surface area contributed by atoms with Crippen molar-refractivity contribution in [1.29, 1.82) is 0 Å². The van der Waals surface area contributed by atoms with Gasteiger partial charge < -0.3 is 15.0 Å². The predicted molar refractivity (Wildman–Crippen MR) is 74.8 cm³/mol. The fraction of sp³-hybridized carbons (Fsp3) is 0.538. The molecule has 0 aliphatic heterocycles. The second-order valence-electron chi connectivity index (χ2n) is 5.78. The highest BCUT2D eigenvalue weighted by molar-refractivity contribution is 5.49. The smallest absolute Gasteiger partial charge is 0.358 e. The number of fused-ring (bicyclic) bond motifs is 1. The lowest BCUT2D eigenvalue weighted by atomic mass is 10.00. The number of nitrogens with zero attached hydrogens (tertiary/aromatic N) is 5. The van der Waals surface area contributed by atoms with Crippen LogP contribution >= 0.6 is 0 Å². The molecule has 3 rings (SSSR count). The van der Waals surface area contributed by atoms with Crippen molar-refractivity contribution < 1.29 is 4.92 Å². The van der Waals surface area contributed by atoms with E-state index in [0.717, 1.165) is 5.82 Å². The van der Waals surface area contributed by atoms with Gasteiger partial charge in [0.15, 0.2) is 5.82 Å². The van der Waals surface area contributed by atoms with E-state index in [-0.39, 0.29) is 5.82 Å². The summed E-state index contributed by atoms with van der Waals surface area (Å²) in [5.41, 5.74) is 0.811. The van der Waals surface area contributed by atoms with E-state index >= 15 is 0 Å². The Balaban J connectivity index is 1.99. The van der Waals surface area contributed by atoms with Crippen LogP contribution in [0.15, 0.2) is 18.3 Å². The molecule has 2 aromatic rings. The minimum absolute atomic E-state index is 0.111. The van der Waals surface area contributed by atoms with Gasteiger partial charge in [0, 0.05) is 19.2 Å². The minimum Gasteiger partial charge on any atom is -0.358 e. The van der Waals surface area contributed by atoms with Gasteiger partial charge in [-0.25, -0.2) is 4.98 Å². The van der Waals surface area contributed by atoms with Crippen molar-refractivity contribution in [3.63, 3.8) is 0 Å². The lowest BCUT2D eigenvalue weighted by molar-refractivity contribution is -0.391. The summed E-state index contributed by atoms with van der Waals surface area (Å²) in [7, 11) is 1.98. The topological polar surface area (TPSA) is 76.6 Å². The van der Waals surface area contributed by atoms with Crippen molar-refractivity contribution in [2.75, 3.05) is 11.9 Å². The Morgan fingerprint density at radius 2 is 2.20 bits per heavy atom. The molecule has 106 valence electrons. The predicted octanol–water partition coefficient (Wildman–Crippen LogP) is 2.26. The first kappa shape index (κ1) is 12.8. The molecule has 1 unspecified atom stereocenters. The summed E-state index contributed by atoms with van der Waals surface area (Å²) in [4.78, 5) is 16.5. The fourth-order valence-electron chi connectivity index (χ4n) is 2.45. The van der Waals surface area contributed by atoms with E-state index in [2.05, 4.69) is 28.8 Å². The highest BCUT2D eigenvalue weighted by Gasteiger charge is 2.44. The van der Waals surface area contributed by atoms with Gasteiger partial charge in [0.2, 0.25) is 5.65 Å². The van der Waals surface area contributed by atoms with Crippen LogP contribution in [-0.4, -0.2) is 32.6 Å². The van der Waals surface area contributed by atoms with Crippen molar-refractivity contribution in [3.05, 3.63) is 28.4 Å². The summed E-state index contributed by atoms with van der Waals surface area (Å²) in [6, 6.07) is 3.96. The van der Waals surface area contributed by atoms with Crippen LogP contribution in [0.25, 0.3) is 5.65 Å². The maximum absolute atomic E-state index is 11.0. The van der Waals surface area contributed by atoms with Crippen LogP contribution in [-0.2, 0) is 0 Å². The molecule has 1 aliphatic rings. The van der Waals surface area contributed by atoms with E-state index in [0.29, 0.717) is 17.1 Å². The highest BCUT2D eigenvalue weighted by atomic mass is 16.6. The van der Waals surface area contributed by atoms with Gasteiger partial charge in [-0.2, -0.15) is 0 Å². The zero-order chi connectivity index (χ0) is 14.5. The molecule has 7 nitrogen and oxygen atoms in total. The second kappa shape index (κ2) is 4.16. The molecule has 2 heterocycles.